The molecule has 0 saturated heterocycles. The molecule has 0 aromatic carbocycles. The third kappa shape index (κ3) is 10.7. The number of nitriles is 1. The van der Waals surface area contributed by atoms with Gasteiger partial charge in [-0.2, -0.15) is 5.26 Å². The first-order chi connectivity index (χ1) is 2.77. The molecule has 0 aromatic rings. The normalized spacial score (nSPS) is 5.00. The van der Waals surface area contributed by atoms with Gasteiger partial charge >= 0.3 is 51.4 Å². The van der Waals surface area contributed by atoms with Crippen LogP contribution in [0.15, 0.2) is 0 Å². The monoisotopic (exact) mass is 125 g/mol. The maximum Gasteiger partial charge on any atom is 1.00 e. The van der Waals surface area contributed by atoms with E-state index >= 15 is 0 Å². The molecule has 0 atom stereocenters. The third-order valence-electron chi connectivity index (χ3n) is 0.129. The summed E-state index contributed by atoms with van der Waals surface area (Å²) in [6, 6.07) is 0. The van der Waals surface area contributed by atoms with E-state index in [9.17, 15) is 0 Å². The molecule has 0 bridgehead atoms. The van der Waals surface area contributed by atoms with E-state index in [0.29, 0.717) is 0 Å². The number of nitrogens with zero attached hydrogens (tertiary/aromatic N) is 1. The standard InChI is InChI=1S/C2HNO3.K/c3-1-6-2(4)5;/h(H,4,5);/q;+1/p-1. The van der Waals surface area contributed by atoms with Crippen LogP contribution in [0.2, 0.25) is 0 Å². The van der Waals surface area contributed by atoms with Gasteiger partial charge in [0.25, 0.3) is 6.16 Å². The molecule has 0 rings (SSSR count). The maximum absolute atomic E-state index is 9.04. The Labute approximate surface area is 82.5 Å². The Kier molecular flexibility index (Phi) is 9.50. The third-order valence-corrected chi connectivity index (χ3v) is 0.129. The van der Waals surface area contributed by atoms with Gasteiger partial charge in [-0.1, -0.05) is 0 Å². The van der Waals surface area contributed by atoms with Gasteiger partial charge in [0.05, 0.1) is 0 Å². The molecule has 0 aliphatic carbocycles. The zero-order valence-electron chi connectivity index (χ0n) is 3.67. The van der Waals surface area contributed by atoms with Crippen LogP contribution in [0.25, 0.3) is 0 Å². The number of ether oxygens (including phenoxy) is 1. The molecule has 0 fully saturated rings. The van der Waals surface area contributed by atoms with Gasteiger partial charge < -0.3 is 14.6 Å². The summed E-state index contributed by atoms with van der Waals surface area (Å²) in [5.41, 5.74) is 0. The molecular formula is C2KNO3. The summed E-state index contributed by atoms with van der Waals surface area (Å²) in [6.07, 6.45) is -0.917. The van der Waals surface area contributed by atoms with Crippen molar-refractivity contribution >= 4 is 6.16 Å². The van der Waals surface area contributed by atoms with E-state index in [2.05, 4.69) is 4.74 Å². The SMILES string of the molecule is N#COC(=O)[O-].[K+]. The summed E-state index contributed by atoms with van der Waals surface area (Å²) >= 11 is 0. The molecular weight excluding hydrogens is 125 g/mol. The summed E-state index contributed by atoms with van der Waals surface area (Å²) < 4.78 is 3.15. The second kappa shape index (κ2) is 6.40. The van der Waals surface area contributed by atoms with Crippen LogP contribution < -0.4 is 56.5 Å². The van der Waals surface area contributed by atoms with Crippen LogP contribution in [-0.4, -0.2) is 6.16 Å². The number of rotatable bonds is 0. The molecule has 0 aromatic heterocycles. The van der Waals surface area contributed by atoms with Crippen molar-refractivity contribution in [2.24, 2.45) is 0 Å². The van der Waals surface area contributed by atoms with E-state index < -0.39 is 6.16 Å². The second-order valence-corrected chi connectivity index (χ2v) is 0.443. The molecule has 0 N–H and O–H groups in total. The van der Waals surface area contributed by atoms with Crippen molar-refractivity contribution in [3.63, 3.8) is 0 Å². The van der Waals surface area contributed by atoms with E-state index in [-0.39, 0.29) is 51.4 Å². The van der Waals surface area contributed by atoms with Gasteiger partial charge in [-0.05, 0) is 0 Å². The largest absolute Gasteiger partial charge is 1.00 e. The Balaban J connectivity index is 0. The predicted octanol–water partition coefficient (Wildman–Crippen LogP) is -4.17. The van der Waals surface area contributed by atoms with Crippen molar-refractivity contribution in [1.29, 1.82) is 5.26 Å². The van der Waals surface area contributed by atoms with Crippen molar-refractivity contribution < 1.29 is 66.0 Å². The number of carboxylic acid groups (broad SMARTS) is 1. The van der Waals surface area contributed by atoms with Gasteiger partial charge in [0.2, 0.25) is 6.26 Å². The van der Waals surface area contributed by atoms with Crippen LogP contribution in [0.3, 0.4) is 0 Å². The molecule has 0 amide bonds. The maximum atomic E-state index is 9.04. The minimum Gasteiger partial charge on any atom is -0.445 e. The number of hydrogen-bond donors (Lipinski definition) is 0. The summed E-state index contributed by atoms with van der Waals surface area (Å²) in [6.45, 7) is 0. The van der Waals surface area contributed by atoms with Gasteiger partial charge in [0.15, 0.2) is 0 Å². The topological polar surface area (TPSA) is 73.1 Å². The Morgan fingerprint density at radius 1 is 1.86 bits per heavy atom. The molecule has 0 saturated carbocycles. The molecule has 0 aliphatic rings. The summed E-state index contributed by atoms with van der Waals surface area (Å²) in [7, 11) is 0. The summed E-state index contributed by atoms with van der Waals surface area (Å²) in [4.78, 5) is 9.04. The van der Waals surface area contributed by atoms with Crippen LogP contribution in [0.4, 0.5) is 4.79 Å². The molecule has 4 nitrogen and oxygen atoms in total. The average Bonchev–Trinajstić information content (AvgIpc) is 1.35. The Hall–Kier alpha value is 0.396. The van der Waals surface area contributed by atoms with Crippen molar-refractivity contribution in [3.8, 4) is 6.26 Å². The number of carbonyl (C=O) groups excluding carboxylic acids is 1. The quantitative estimate of drug-likeness (QED) is 0.187. The van der Waals surface area contributed by atoms with E-state index in [0.717, 1.165) is 6.26 Å². The van der Waals surface area contributed by atoms with Crippen LogP contribution in [0.1, 0.15) is 0 Å². The fourth-order valence-corrected chi connectivity index (χ4v) is 0.0373. The first kappa shape index (κ1) is 10.4. The van der Waals surface area contributed by atoms with E-state index in [1.807, 2.05) is 0 Å². The number of hydrogen-bond acceptors (Lipinski definition) is 4. The van der Waals surface area contributed by atoms with E-state index in [1.54, 1.807) is 0 Å². The molecule has 5 heteroatoms. The Morgan fingerprint density at radius 3 is 2.29 bits per heavy atom. The molecule has 0 spiro atoms. The van der Waals surface area contributed by atoms with Crippen LogP contribution in [0, 0.1) is 11.5 Å². The van der Waals surface area contributed by atoms with Crippen molar-refractivity contribution in [2.75, 3.05) is 0 Å². The Bertz CT molecular complexity index is 95.6. The van der Waals surface area contributed by atoms with Crippen molar-refractivity contribution in [1.82, 2.24) is 0 Å². The van der Waals surface area contributed by atoms with Crippen molar-refractivity contribution in [2.45, 2.75) is 0 Å². The Morgan fingerprint density at radius 2 is 2.29 bits per heavy atom. The van der Waals surface area contributed by atoms with Crippen LogP contribution in [-0.2, 0) is 4.74 Å². The average molecular weight is 125 g/mol. The number of carbonyl (C=O) groups is 1. The van der Waals surface area contributed by atoms with E-state index in [1.165, 1.54) is 0 Å². The minimum absolute atomic E-state index is 0. The summed E-state index contributed by atoms with van der Waals surface area (Å²) in [5, 5.41) is 16.4. The first-order valence-corrected chi connectivity index (χ1v) is 1.04. The molecule has 0 unspecified atom stereocenters. The van der Waals surface area contributed by atoms with E-state index in [4.69, 9.17) is 15.2 Å². The molecule has 32 valence electrons. The molecule has 7 heavy (non-hydrogen) atoms. The van der Waals surface area contributed by atoms with Crippen LogP contribution in [0.5, 0.6) is 0 Å². The fourth-order valence-electron chi connectivity index (χ4n) is 0.0373. The second-order valence-electron chi connectivity index (χ2n) is 0.443. The zero-order valence-corrected chi connectivity index (χ0v) is 6.80. The van der Waals surface area contributed by atoms with Crippen molar-refractivity contribution in [3.05, 3.63) is 0 Å². The van der Waals surface area contributed by atoms with Gasteiger partial charge in [-0.15, -0.1) is 0 Å². The summed E-state index contributed by atoms with van der Waals surface area (Å²) in [5.74, 6) is 0. The van der Waals surface area contributed by atoms with Gasteiger partial charge in [-0.3, -0.25) is 0 Å². The zero-order chi connectivity index (χ0) is 4.99. The first-order valence-electron chi connectivity index (χ1n) is 1.04. The molecule has 0 heterocycles. The minimum atomic E-state index is -1.82. The molecule has 0 aliphatic heterocycles. The predicted molar refractivity (Wildman–Crippen MR) is 12.1 cm³/mol. The fraction of sp³-hybridized carbons (Fsp3) is 0. The van der Waals surface area contributed by atoms with Gasteiger partial charge in [0.1, 0.15) is 0 Å². The smallest absolute Gasteiger partial charge is 0.445 e. The molecule has 0 radical (unpaired) electrons. The van der Waals surface area contributed by atoms with Gasteiger partial charge in [-0.25, -0.2) is 0 Å². The van der Waals surface area contributed by atoms with Crippen LogP contribution >= 0.6 is 0 Å². The van der Waals surface area contributed by atoms with Gasteiger partial charge in [0, 0.05) is 0 Å².